The number of para-hydroxylation sites is 6. The highest BCUT2D eigenvalue weighted by Crippen LogP contribution is 2.32. The van der Waals surface area contributed by atoms with E-state index in [0.29, 0.717) is 33.1 Å². The Bertz CT molecular complexity index is 1410. The van der Waals surface area contributed by atoms with Crippen molar-refractivity contribution >= 4 is 33.1 Å². The molecule has 170 valence electrons. The van der Waals surface area contributed by atoms with Gasteiger partial charge in [-0.3, -0.25) is 13.7 Å². The molecule has 0 saturated heterocycles. The zero-order valence-electron chi connectivity index (χ0n) is 17.9. The summed E-state index contributed by atoms with van der Waals surface area (Å²) >= 11 is 0. The molecule has 3 heterocycles. The van der Waals surface area contributed by atoms with E-state index in [1.807, 2.05) is 72.8 Å². The zero-order chi connectivity index (χ0) is 23.2. The SMILES string of the molecule is OC(N(C(O)n1cnc2ccccc21)C(O)n1cnc2ccccc21)n1cnc2ccccc21. The first-order valence-electron chi connectivity index (χ1n) is 10.7. The van der Waals surface area contributed by atoms with Gasteiger partial charge < -0.3 is 15.3 Å². The maximum absolute atomic E-state index is 11.5. The molecule has 10 nitrogen and oxygen atoms in total. The van der Waals surface area contributed by atoms with Crippen LogP contribution >= 0.6 is 0 Å². The van der Waals surface area contributed by atoms with E-state index in [9.17, 15) is 15.3 Å². The number of aliphatic hydroxyl groups excluding tert-OH is 3. The van der Waals surface area contributed by atoms with Gasteiger partial charge in [0.1, 0.15) is 0 Å². The van der Waals surface area contributed by atoms with Gasteiger partial charge in [-0.25, -0.2) is 15.0 Å². The van der Waals surface area contributed by atoms with E-state index in [-0.39, 0.29) is 0 Å². The van der Waals surface area contributed by atoms with Crippen LogP contribution in [0.25, 0.3) is 33.1 Å². The molecule has 34 heavy (non-hydrogen) atoms. The summed E-state index contributed by atoms with van der Waals surface area (Å²) in [7, 11) is 0. The largest absolute Gasteiger partial charge is 0.360 e. The van der Waals surface area contributed by atoms with Gasteiger partial charge in [0.2, 0.25) is 0 Å². The highest BCUT2D eigenvalue weighted by molar-refractivity contribution is 5.76. The smallest absolute Gasteiger partial charge is 0.198 e. The molecule has 0 aliphatic rings. The number of benzene rings is 3. The average molecular weight is 455 g/mol. The first kappa shape index (κ1) is 20.5. The number of rotatable bonds is 6. The molecule has 0 bridgehead atoms. The second-order valence-corrected chi connectivity index (χ2v) is 7.91. The highest BCUT2D eigenvalue weighted by atomic mass is 16.4. The maximum atomic E-state index is 11.5. The Morgan fingerprint density at radius 3 is 1.12 bits per heavy atom. The van der Waals surface area contributed by atoms with Gasteiger partial charge in [-0.05, 0) is 36.4 Å². The lowest BCUT2D eigenvalue weighted by atomic mass is 10.3. The molecule has 6 rings (SSSR count). The first-order chi connectivity index (χ1) is 16.6. The van der Waals surface area contributed by atoms with Crippen molar-refractivity contribution in [2.45, 2.75) is 19.1 Å². The lowest BCUT2D eigenvalue weighted by molar-refractivity contribution is -0.253. The van der Waals surface area contributed by atoms with Crippen LogP contribution in [0.5, 0.6) is 0 Å². The zero-order valence-corrected chi connectivity index (χ0v) is 17.9. The van der Waals surface area contributed by atoms with E-state index in [1.54, 1.807) is 0 Å². The Labute approximate surface area is 193 Å². The van der Waals surface area contributed by atoms with Crippen LogP contribution in [0.2, 0.25) is 0 Å². The Kier molecular flexibility index (Phi) is 4.85. The van der Waals surface area contributed by atoms with Gasteiger partial charge in [0.25, 0.3) is 0 Å². The minimum Gasteiger partial charge on any atom is -0.360 e. The van der Waals surface area contributed by atoms with Crippen molar-refractivity contribution in [3.05, 3.63) is 91.8 Å². The number of hydrogen-bond donors (Lipinski definition) is 3. The average Bonchev–Trinajstić information content (AvgIpc) is 3.60. The molecule has 10 heteroatoms. The summed E-state index contributed by atoms with van der Waals surface area (Å²) in [5, 5.41) is 34.5. The lowest BCUT2D eigenvalue weighted by Gasteiger charge is -2.37. The van der Waals surface area contributed by atoms with Gasteiger partial charge >= 0.3 is 0 Å². The Balaban J connectivity index is 1.50. The predicted molar refractivity (Wildman–Crippen MR) is 125 cm³/mol. The van der Waals surface area contributed by atoms with Gasteiger partial charge in [0.15, 0.2) is 19.1 Å². The van der Waals surface area contributed by atoms with Crippen molar-refractivity contribution < 1.29 is 15.3 Å². The Hall–Kier alpha value is -4.09. The van der Waals surface area contributed by atoms with Gasteiger partial charge in [-0.15, -0.1) is 0 Å². The molecule has 0 radical (unpaired) electrons. The standard InChI is InChI=1S/C24H21N7O3/c32-22(28-13-25-16-7-1-4-10-19(16)28)31(23(33)29-14-26-17-8-2-5-11-20(17)29)24(34)30-15-27-18-9-3-6-12-21(18)30/h1-15,22-24,32-34H. The fraction of sp³-hybridized carbons (Fsp3) is 0.125. The summed E-state index contributed by atoms with van der Waals surface area (Å²) in [4.78, 5) is 14.2. The molecule has 0 fully saturated rings. The van der Waals surface area contributed by atoms with Crippen LogP contribution in [-0.2, 0) is 0 Å². The fourth-order valence-corrected chi connectivity index (χ4v) is 4.28. The topological polar surface area (TPSA) is 117 Å². The van der Waals surface area contributed by atoms with Crippen molar-refractivity contribution in [1.29, 1.82) is 0 Å². The van der Waals surface area contributed by atoms with Gasteiger partial charge in [0, 0.05) is 0 Å². The van der Waals surface area contributed by atoms with Gasteiger partial charge in [-0.2, -0.15) is 4.90 Å². The molecule has 0 spiro atoms. The molecular formula is C24H21N7O3. The van der Waals surface area contributed by atoms with Crippen LogP contribution in [0.4, 0.5) is 0 Å². The number of fused-ring (bicyclic) bond motifs is 3. The van der Waals surface area contributed by atoms with Gasteiger partial charge in [0.05, 0.1) is 52.1 Å². The Morgan fingerprint density at radius 2 is 0.794 bits per heavy atom. The normalized spacial score (nSPS) is 14.8. The minimum absolute atomic E-state index is 0.644. The monoisotopic (exact) mass is 455 g/mol. The van der Waals surface area contributed by atoms with E-state index in [2.05, 4.69) is 15.0 Å². The summed E-state index contributed by atoms with van der Waals surface area (Å²) in [5.74, 6) is 0. The van der Waals surface area contributed by atoms with Crippen LogP contribution in [-0.4, -0.2) is 48.9 Å². The molecule has 0 aliphatic carbocycles. The van der Waals surface area contributed by atoms with Crippen molar-refractivity contribution in [1.82, 2.24) is 33.6 Å². The fourth-order valence-electron chi connectivity index (χ4n) is 4.28. The summed E-state index contributed by atoms with van der Waals surface area (Å²) in [6.45, 7) is 0. The van der Waals surface area contributed by atoms with Crippen molar-refractivity contribution in [3.8, 4) is 0 Å². The molecule has 3 atom stereocenters. The second-order valence-electron chi connectivity index (χ2n) is 7.91. The van der Waals surface area contributed by atoms with Crippen molar-refractivity contribution in [3.63, 3.8) is 0 Å². The molecule has 6 aromatic rings. The number of imidazole rings is 3. The summed E-state index contributed by atoms with van der Waals surface area (Å²) in [5.41, 5.74) is 3.95. The molecule has 3 aromatic carbocycles. The van der Waals surface area contributed by atoms with E-state index in [1.165, 1.54) is 32.7 Å². The summed E-state index contributed by atoms with van der Waals surface area (Å²) in [6.07, 6.45) is -0.0430. The van der Waals surface area contributed by atoms with Gasteiger partial charge in [-0.1, -0.05) is 36.4 Å². The molecular weight excluding hydrogens is 434 g/mol. The summed E-state index contributed by atoms with van der Waals surface area (Å²) in [6, 6.07) is 21.9. The third-order valence-corrected chi connectivity index (χ3v) is 5.99. The van der Waals surface area contributed by atoms with Crippen molar-refractivity contribution in [2.75, 3.05) is 0 Å². The molecule has 3 N–H and O–H groups in total. The number of aliphatic hydroxyl groups is 3. The molecule has 0 amide bonds. The van der Waals surface area contributed by atoms with Crippen LogP contribution < -0.4 is 0 Å². The highest BCUT2D eigenvalue weighted by Gasteiger charge is 2.35. The minimum atomic E-state index is -1.49. The third-order valence-electron chi connectivity index (χ3n) is 5.99. The quantitative estimate of drug-likeness (QED) is 0.331. The van der Waals surface area contributed by atoms with E-state index >= 15 is 0 Å². The number of hydrogen-bond acceptors (Lipinski definition) is 7. The van der Waals surface area contributed by atoms with Crippen LogP contribution in [0, 0.1) is 0 Å². The van der Waals surface area contributed by atoms with Crippen molar-refractivity contribution in [2.24, 2.45) is 0 Å². The van der Waals surface area contributed by atoms with Crippen LogP contribution in [0.15, 0.2) is 91.8 Å². The molecule has 3 aromatic heterocycles. The second kappa shape index (κ2) is 8.04. The number of nitrogens with zero attached hydrogens (tertiary/aromatic N) is 7. The third kappa shape index (κ3) is 3.17. The summed E-state index contributed by atoms with van der Waals surface area (Å²) < 4.78 is 4.46. The van der Waals surface area contributed by atoms with Crippen LogP contribution in [0.1, 0.15) is 19.1 Å². The maximum Gasteiger partial charge on any atom is 0.198 e. The van der Waals surface area contributed by atoms with E-state index in [0.717, 1.165) is 4.90 Å². The van der Waals surface area contributed by atoms with Crippen LogP contribution in [0.3, 0.4) is 0 Å². The van der Waals surface area contributed by atoms with E-state index in [4.69, 9.17) is 0 Å². The lowest BCUT2D eigenvalue weighted by Crippen LogP contribution is -2.43. The Morgan fingerprint density at radius 1 is 0.500 bits per heavy atom. The number of aromatic nitrogens is 6. The molecule has 3 unspecified atom stereocenters. The molecule has 0 saturated carbocycles. The molecule has 0 aliphatic heterocycles. The predicted octanol–water partition coefficient (Wildman–Crippen LogP) is 2.78. The first-order valence-corrected chi connectivity index (χ1v) is 10.7. The van der Waals surface area contributed by atoms with E-state index < -0.39 is 19.1 Å².